The summed E-state index contributed by atoms with van der Waals surface area (Å²) in [4.78, 5) is 31.9. The molecule has 0 bridgehead atoms. The molecule has 0 radical (unpaired) electrons. The third-order valence-corrected chi connectivity index (χ3v) is 7.48. The molecule has 9 nitrogen and oxygen atoms in total. The first-order valence-electron chi connectivity index (χ1n) is 8.45. The minimum atomic E-state index is -3.43. The first-order valence-corrected chi connectivity index (χ1v) is 11.8. The number of carbonyl (C=O) groups excluding carboxylic acids is 1. The molecule has 0 fully saturated rings. The zero-order valence-corrected chi connectivity index (χ0v) is 17.1. The first kappa shape index (κ1) is 18.3. The highest BCUT2D eigenvalue weighted by Crippen LogP contribution is 2.42. The summed E-state index contributed by atoms with van der Waals surface area (Å²) in [5, 5.41) is 2.15. The van der Waals surface area contributed by atoms with Gasteiger partial charge in [0, 0.05) is 29.1 Å². The fourth-order valence-corrected chi connectivity index (χ4v) is 6.08. The standard InChI is InChI=1S/C17H12N4O5S3/c22-14-8-11(18-16-21(14)3-5-27-16)9-26-15(23)10-1-2-12-13(7-10)28-17-19-29(24,25)6-4-20(12)17/h1-3,5,7-8H,4,6,9H2. The van der Waals surface area contributed by atoms with Crippen LogP contribution in [-0.4, -0.2) is 41.2 Å². The number of benzene rings is 1. The Bertz CT molecular complexity index is 1360. The van der Waals surface area contributed by atoms with E-state index in [2.05, 4.69) is 9.38 Å². The van der Waals surface area contributed by atoms with Gasteiger partial charge in [0.25, 0.3) is 15.6 Å². The van der Waals surface area contributed by atoms with Crippen LogP contribution in [0.5, 0.6) is 0 Å². The third kappa shape index (κ3) is 3.32. The van der Waals surface area contributed by atoms with Crippen molar-refractivity contribution in [1.82, 2.24) is 9.38 Å². The quantitative estimate of drug-likeness (QED) is 0.557. The van der Waals surface area contributed by atoms with Crippen molar-refractivity contribution in [3.8, 4) is 0 Å². The highest BCUT2D eigenvalue weighted by atomic mass is 32.2. The van der Waals surface area contributed by atoms with Crippen molar-refractivity contribution in [2.24, 2.45) is 4.40 Å². The molecule has 0 atom stereocenters. The number of thioether (sulfide) groups is 1. The predicted octanol–water partition coefficient (Wildman–Crippen LogP) is 1.72. The molecule has 29 heavy (non-hydrogen) atoms. The number of rotatable bonds is 3. The van der Waals surface area contributed by atoms with E-state index in [4.69, 9.17) is 4.74 Å². The van der Waals surface area contributed by atoms with Gasteiger partial charge in [-0.15, -0.1) is 15.7 Å². The number of thiazole rings is 1. The predicted molar refractivity (Wildman–Crippen MR) is 109 cm³/mol. The van der Waals surface area contributed by atoms with E-state index in [0.717, 1.165) is 10.6 Å². The van der Waals surface area contributed by atoms with Crippen LogP contribution in [0.1, 0.15) is 16.1 Å². The van der Waals surface area contributed by atoms with Gasteiger partial charge in [-0.05, 0) is 30.0 Å². The maximum atomic E-state index is 12.5. The molecule has 2 aromatic heterocycles. The van der Waals surface area contributed by atoms with Gasteiger partial charge in [-0.1, -0.05) is 0 Å². The number of ether oxygens (including phenoxy) is 1. The minimum Gasteiger partial charge on any atom is -0.456 e. The van der Waals surface area contributed by atoms with Crippen LogP contribution in [0.4, 0.5) is 5.69 Å². The number of fused-ring (bicyclic) bond motifs is 4. The maximum absolute atomic E-state index is 12.5. The fourth-order valence-electron chi connectivity index (χ4n) is 3.04. The van der Waals surface area contributed by atoms with Crippen LogP contribution < -0.4 is 10.5 Å². The molecule has 0 N–H and O–H groups in total. The zero-order valence-electron chi connectivity index (χ0n) is 14.6. The molecule has 0 amide bonds. The van der Waals surface area contributed by atoms with E-state index in [0.29, 0.717) is 27.9 Å². The summed E-state index contributed by atoms with van der Waals surface area (Å²) in [6, 6.07) is 6.36. The summed E-state index contributed by atoms with van der Waals surface area (Å²) in [6.45, 7) is 0.209. The van der Waals surface area contributed by atoms with Gasteiger partial charge in [-0.25, -0.2) is 18.2 Å². The van der Waals surface area contributed by atoms with Gasteiger partial charge in [0.15, 0.2) is 10.1 Å². The van der Waals surface area contributed by atoms with Gasteiger partial charge in [0.05, 0.1) is 22.7 Å². The van der Waals surface area contributed by atoms with Crippen LogP contribution in [0.2, 0.25) is 0 Å². The molecule has 0 saturated carbocycles. The van der Waals surface area contributed by atoms with Crippen molar-refractivity contribution in [2.45, 2.75) is 11.5 Å². The van der Waals surface area contributed by atoms with Crippen molar-refractivity contribution in [3.05, 3.63) is 57.5 Å². The van der Waals surface area contributed by atoms with Crippen LogP contribution >= 0.6 is 23.1 Å². The van der Waals surface area contributed by atoms with Gasteiger partial charge < -0.3 is 9.64 Å². The molecule has 1 aromatic carbocycles. The van der Waals surface area contributed by atoms with Crippen molar-refractivity contribution < 1.29 is 17.9 Å². The molecule has 4 heterocycles. The molecular weight excluding hydrogens is 436 g/mol. The van der Waals surface area contributed by atoms with Gasteiger partial charge >= 0.3 is 5.97 Å². The summed E-state index contributed by atoms with van der Waals surface area (Å²) in [5.74, 6) is -0.594. The molecular formula is C17H12N4O5S3. The van der Waals surface area contributed by atoms with Gasteiger partial charge in [0.2, 0.25) is 0 Å². The Morgan fingerprint density at radius 3 is 3.00 bits per heavy atom. The average Bonchev–Trinajstić information content (AvgIpc) is 3.28. The van der Waals surface area contributed by atoms with E-state index >= 15 is 0 Å². The highest BCUT2D eigenvalue weighted by Gasteiger charge is 2.33. The van der Waals surface area contributed by atoms with Crippen molar-refractivity contribution in [3.63, 3.8) is 0 Å². The number of nitrogens with zero attached hydrogens (tertiary/aromatic N) is 4. The molecule has 12 heteroatoms. The van der Waals surface area contributed by atoms with Crippen molar-refractivity contribution >= 4 is 54.9 Å². The van der Waals surface area contributed by atoms with Crippen LogP contribution in [0.3, 0.4) is 0 Å². The smallest absolute Gasteiger partial charge is 0.338 e. The van der Waals surface area contributed by atoms with Crippen molar-refractivity contribution in [2.75, 3.05) is 17.2 Å². The summed E-state index contributed by atoms with van der Waals surface area (Å²) >= 11 is 2.53. The zero-order chi connectivity index (χ0) is 20.2. The molecule has 0 aliphatic carbocycles. The monoisotopic (exact) mass is 448 g/mol. The van der Waals surface area contributed by atoms with Crippen LogP contribution in [0.25, 0.3) is 4.96 Å². The van der Waals surface area contributed by atoms with Crippen molar-refractivity contribution in [1.29, 1.82) is 0 Å². The SMILES string of the molecule is O=C(OCc1cc(=O)n2ccsc2n1)c1ccc2c(c1)SC1=NS(=O)(=O)CCN12. The second-order valence-electron chi connectivity index (χ2n) is 6.31. The van der Waals surface area contributed by atoms with E-state index in [-0.39, 0.29) is 17.9 Å². The summed E-state index contributed by atoms with van der Waals surface area (Å²) < 4.78 is 33.9. The number of anilines is 1. The molecule has 5 rings (SSSR count). The Kier molecular flexibility index (Phi) is 4.22. The molecule has 0 unspecified atom stereocenters. The number of sulfonamides is 1. The molecule has 148 valence electrons. The number of amidine groups is 1. The van der Waals surface area contributed by atoms with E-state index in [1.165, 1.54) is 33.6 Å². The van der Waals surface area contributed by atoms with Crippen LogP contribution in [-0.2, 0) is 21.4 Å². The lowest BCUT2D eigenvalue weighted by Gasteiger charge is -2.22. The van der Waals surface area contributed by atoms with Gasteiger partial charge in [0.1, 0.15) is 6.61 Å². The Morgan fingerprint density at radius 2 is 2.14 bits per heavy atom. The normalized spacial score (nSPS) is 17.0. The average molecular weight is 449 g/mol. The number of aromatic nitrogens is 2. The second kappa shape index (κ2) is 6.68. The fraction of sp³-hybridized carbons (Fsp3) is 0.176. The molecule has 0 saturated heterocycles. The molecule has 2 aliphatic heterocycles. The summed E-state index contributed by atoms with van der Waals surface area (Å²) in [6.07, 6.45) is 1.64. The summed E-state index contributed by atoms with van der Waals surface area (Å²) in [7, 11) is -3.43. The van der Waals surface area contributed by atoms with Gasteiger partial charge in [-0.2, -0.15) is 0 Å². The Hall–Kier alpha value is -2.70. The van der Waals surface area contributed by atoms with Gasteiger partial charge in [-0.3, -0.25) is 9.20 Å². The third-order valence-electron chi connectivity index (χ3n) is 4.42. The maximum Gasteiger partial charge on any atom is 0.338 e. The topological polar surface area (TPSA) is 110 Å². The Balaban J connectivity index is 1.35. The lowest BCUT2D eigenvalue weighted by Crippen LogP contribution is -2.35. The number of esters is 1. The van der Waals surface area contributed by atoms with Crippen LogP contribution in [0, 0.1) is 0 Å². The lowest BCUT2D eigenvalue weighted by molar-refractivity contribution is 0.0467. The van der Waals surface area contributed by atoms with E-state index < -0.39 is 16.0 Å². The summed E-state index contributed by atoms with van der Waals surface area (Å²) in [5.41, 5.74) is 1.29. The Labute approximate surface area is 172 Å². The molecule has 3 aromatic rings. The first-order chi connectivity index (χ1) is 13.9. The largest absolute Gasteiger partial charge is 0.456 e. The van der Waals surface area contributed by atoms with E-state index in [9.17, 15) is 18.0 Å². The molecule has 2 aliphatic rings. The number of carbonyl (C=O) groups is 1. The number of hydrogen-bond donors (Lipinski definition) is 0. The van der Waals surface area contributed by atoms with E-state index in [1.54, 1.807) is 29.8 Å². The number of hydrogen-bond acceptors (Lipinski definition) is 9. The lowest BCUT2D eigenvalue weighted by atomic mass is 10.2. The minimum absolute atomic E-state index is 0.0398. The van der Waals surface area contributed by atoms with E-state index in [1.807, 2.05) is 4.90 Å². The highest BCUT2D eigenvalue weighted by molar-refractivity contribution is 8.15. The molecule has 0 spiro atoms. The second-order valence-corrected chi connectivity index (χ2v) is 9.95. The Morgan fingerprint density at radius 1 is 1.28 bits per heavy atom. The van der Waals surface area contributed by atoms with Crippen LogP contribution in [0.15, 0.2) is 49.9 Å².